The van der Waals surface area contributed by atoms with Gasteiger partial charge in [-0.3, -0.25) is 4.79 Å². The van der Waals surface area contributed by atoms with Gasteiger partial charge in [0.05, 0.1) is 10.4 Å². The number of hydrogen-bond acceptors (Lipinski definition) is 5. The van der Waals surface area contributed by atoms with E-state index in [1.807, 2.05) is 0 Å². The molecule has 1 aliphatic carbocycles. The number of aliphatic carboxylic acids is 1. The van der Waals surface area contributed by atoms with Crippen LogP contribution in [0, 0.1) is 0 Å². The van der Waals surface area contributed by atoms with E-state index in [9.17, 15) is 9.59 Å². The Kier molecular flexibility index (Phi) is 5.19. The van der Waals surface area contributed by atoms with Gasteiger partial charge in [-0.1, -0.05) is 23.7 Å². The Morgan fingerprint density at radius 2 is 2.04 bits per heavy atom. The molecule has 0 saturated carbocycles. The predicted molar refractivity (Wildman–Crippen MR) is 110 cm³/mol. The van der Waals surface area contributed by atoms with Gasteiger partial charge in [-0.25, -0.2) is 9.78 Å². The quantitative estimate of drug-likeness (QED) is 0.654. The van der Waals surface area contributed by atoms with E-state index >= 15 is 0 Å². The SMILES string of the molecule is O=C(O)COc1ccc(/C=C(\Cl)c2nc3sc4c(c3c(=O)[nH]2)CCCC4)cc1. The first-order valence-electron chi connectivity index (χ1n) is 8.88. The second kappa shape index (κ2) is 7.77. The lowest BCUT2D eigenvalue weighted by Crippen LogP contribution is -2.12. The van der Waals surface area contributed by atoms with Crippen LogP contribution < -0.4 is 10.3 Å². The molecule has 2 N–H and O–H groups in total. The topological polar surface area (TPSA) is 92.3 Å². The Morgan fingerprint density at radius 1 is 1.29 bits per heavy atom. The zero-order valence-electron chi connectivity index (χ0n) is 14.8. The van der Waals surface area contributed by atoms with Gasteiger partial charge in [0.1, 0.15) is 10.6 Å². The van der Waals surface area contributed by atoms with Gasteiger partial charge in [0.25, 0.3) is 5.56 Å². The van der Waals surface area contributed by atoms with Gasteiger partial charge in [0.2, 0.25) is 0 Å². The summed E-state index contributed by atoms with van der Waals surface area (Å²) in [5.41, 5.74) is 1.77. The first-order chi connectivity index (χ1) is 13.5. The maximum atomic E-state index is 12.6. The molecule has 0 spiro atoms. The number of H-pyrrole nitrogens is 1. The minimum absolute atomic E-state index is 0.150. The Labute approximate surface area is 169 Å². The average Bonchev–Trinajstić information content (AvgIpc) is 3.06. The number of rotatable bonds is 5. The molecule has 144 valence electrons. The van der Waals surface area contributed by atoms with Gasteiger partial charge in [0, 0.05) is 4.88 Å². The highest BCUT2D eigenvalue weighted by atomic mass is 35.5. The molecule has 3 aromatic rings. The molecular formula is C20H17ClN2O4S. The summed E-state index contributed by atoms with van der Waals surface area (Å²) < 4.78 is 5.10. The summed E-state index contributed by atoms with van der Waals surface area (Å²) in [6.45, 7) is -0.397. The fourth-order valence-corrected chi connectivity index (χ4v) is 4.77. The molecular weight excluding hydrogens is 400 g/mol. The Bertz CT molecular complexity index is 1130. The number of fused-ring (bicyclic) bond motifs is 3. The van der Waals surface area contributed by atoms with Crippen LogP contribution >= 0.6 is 22.9 Å². The number of aromatic amines is 1. The highest BCUT2D eigenvalue weighted by Crippen LogP contribution is 2.34. The van der Waals surface area contributed by atoms with Crippen LogP contribution in [-0.4, -0.2) is 27.7 Å². The van der Waals surface area contributed by atoms with E-state index < -0.39 is 12.6 Å². The molecule has 0 atom stereocenters. The highest BCUT2D eigenvalue weighted by Gasteiger charge is 2.20. The van der Waals surface area contributed by atoms with Crippen LogP contribution in [0.4, 0.5) is 0 Å². The van der Waals surface area contributed by atoms with E-state index in [1.54, 1.807) is 41.7 Å². The summed E-state index contributed by atoms with van der Waals surface area (Å²) in [6, 6.07) is 6.82. The van der Waals surface area contributed by atoms with Crippen molar-refractivity contribution in [1.82, 2.24) is 9.97 Å². The van der Waals surface area contributed by atoms with Gasteiger partial charge in [0.15, 0.2) is 12.4 Å². The fraction of sp³-hybridized carbons (Fsp3) is 0.250. The summed E-state index contributed by atoms with van der Waals surface area (Å²) in [5.74, 6) is -0.246. The Morgan fingerprint density at radius 3 is 2.79 bits per heavy atom. The molecule has 4 rings (SSSR count). The summed E-state index contributed by atoms with van der Waals surface area (Å²) in [6.07, 6.45) is 5.88. The third-order valence-electron chi connectivity index (χ3n) is 4.59. The second-order valence-corrected chi connectivity index (χ2v) is 8.04. The minimum atomic E-state index is -1.03. The van der Waals surface area contributed by atoms with Crippen molar-refractivity contribution in [2.24, 2.45) is 0 Å². The van der Waals surface area contributed by atoms with Crippen molar-refractivity contribution in [3.05, 3.63) is 56.4 Å². The van der Waals surface area contributed by atoms with Crippen LogP contribution in [0.15, 0.2) is 29.1 Å². The molecule has 8 heteroatoms. The number of nitrogens with zero attached hydrogens (tertiary/aromatic N) is 1. The lowest BCUT2D eigenvalue weighted by atomic mass is 9.97. The predicted octanol–water partition coefficient (Wildman–Crippen LogP) is 4.06. The number of carboxylic acid groups (broad SMARTS) is 1. The number of thiophene rings is 1. The van der Waals surface area contributed by atoms with E-state index in [1.165, 1.54) is 4.88 Å². The average molecular weight is 417 g/mol. The molecule has 0 aliphatic heterocycles. The normalized spacial score (nSPS) is 14.1. The van der Waals surface area contributed by atoms with Gasteiger partial charge < -0.3 is 14.8 Å². The van der Waals surface area contributed by atoms with Crippen molar-refractivity contribution in [3.8, 4) is 5.75 Å². The zero-order chi connectivity index (χ0) is 19.7. The molecule has 0 fully saturated rings. The largest absolute Gasteiger partial charge is 0.482 e. The van der Waals surface area contributed by atoms with Crippen LogP contribution in [-0.2, 0) is 17.6 Å². The molecule has 0 radical (unpaired) electrons. The molecule has 0 saturated heterocycles. The summed E-state index contributed by atoms with van der Waals surface area (Å²) in [7, 11) is 0. The highest BCUT2D eigenvalue weighted by molar-refractivity contribution is 7.18. The third-order valence-corrected chi connectivity index (χ3v) is 6.06. The van der Waals surface area contributed by atoms with E-state index in [0.717, 1.165) is 41.6 Å². The molecule has 2 heterocycles. The van der Waals surface area contributed by atoms with Crippen molar-refractivity contribution in [1.29, 1.82) is 0 Å². The number of nitrogens with one attached hydrogen (secondary N) is 1. The van der Waals surface area contributed by atoms with Crippen LogP contribution in [0.5, 0.6) is 5.75 Å². The van der Waals surface area contributed by atoms with Crippen LogP contribution in [0.1, 0.15) is 34.7 Å². The van der Waals surface area contributed by atoms with Gasteiger partial charge >= 0.3 is 5.97 Å². The lowest BCUT2D eigenvalue weighted by Gasteiger charge is -2.09. The first-order valence-corrected chi connectivity index (χ1v) is 10.1. The number of aryl methyl sites for hydroxylation is 2. The van der Waals surface area contributed by atoms with Crippen molar-refractivity contribution in [2.45, 2.75) is 25.7 Å². The summed E-state index contributed by atoms with van der Waals surface area (Å²) in [4.78, 5) is 32.5. The number of ether oxygens (including phenoxy) is 1. The maximum Gasteiger partial charge on any atom is 0.341 e. The van der Waals surface area contributed by atoms with Crippen LogP contribution in [0.2, 0.25) is 0 Å². The number of halogens is 1. The Hall–Kier alpha value is -2.64. The van der Waals surface area contributed by atoms with Crippen molar-refractivity contribution >= 4 is 50.2 Å². The van der Waals surface area contributed by atoms with Crippen molar-refractivity contribution < 1.29 is 14.6 Å². The first kappa shape index (κ1) is 18.7. The molecule has 0 unspecified atom stereocenters. The van der Waals surface area contributed by atoms with Crippen LogP contribution in [0.25, 0.3) is 21.3 Å². The molecule has 1 aromatic carbocycles. The van der Waals surface area contributed by atoms with E-state index in [4.69, 9.17) is 21.4 Å². The van der Waals surface area contributed by atoms with Gasteiger partial charge in [-0.15, -0.1) is 11.3 Å². The lowest BCUT2D eigenvalue weighted by molar-refractivity contribution is -0.139. The number of hydrogen-bond donors (Lipinski definition) is 2. The number of aromatic nitrogens is 2. The van der Waals surface area contributed by atoms with Gasteiger partial charge in [-0.2, -0.15) is 0 Å². The molecule has 0 bridgehead atoms. The molecule has 0 amide bonds. The summed E-state index contributed by atoms with van der Waals surface area (Å²) in [5, 5.41) is 9.66. The van der Waals surface area contributed by atoms with Crippen molar-refractivity contribution in [3.63, 3.8) is 0 Å². The second-order valence-electron chi connectivity index (χ2n) is 6.55. The van der Waals surface area contributed by atoms with Crippen molar-refractivity contribution in [2.75, 3.05) is 6.61 Å². The Balaban J connectivity index is 1.62. The molecule has 2 aromatic heterocycles. The van der Waals surface area contributed by atoms with Crippen LogP contribution in [0.3, 0.4) is 0 Å². The minimum Gasteiger partial charge on any atom is -0.482 e. The fourth-order valence-electron chi connectivity index (χ4n) is 3.30. The molecule has 1 aliphatic rings. The number of carboxylic acids is 1. The van der Waals surface area contributed by atoms with E-state index in [2.05, 4.69) is 9.97 Å². The van der Waals surface area contributed by atoms with E-state index in [0.29, 0.717) is 22.0 Å². The number of benzene rings is 1. The molecule has 6 nitrogen and oxygen atoms in total. The zero-order valence-corrected chi connectivity index (χ0v) is 16.4. The molecule has 28 heavy (non-hydrogen) atoms. The number of carbonyl (C=O) groups is 1. The third kappa shape index (κ3) is 3.81. The van der Waals surface area contributed by atoms with Gasteiger partial charge in [-0.05, 0) is 55.0 Å². The van der Waals surface area contributed by atoms with E-state index in [-0.39, 0.29) is 5.56 Å². The standard InChI is InChI=1S/C20H17ClN2O4S/c21-14(9-11-5-7-12(8-6-11)27-10-16(24)25)18-22-19(26)17-13-3-1-2-4-15(13)28-20(17)23-18/h5-9H,1-4,10H2,(H,24,25)(H,22,23,26)/b14-9-. The monoisotopic (exact) mass is 416 g/mol. The smallest absolute Gasteiger partial charge is 0.341 e. The maximum absolute atomic E-state index is 12.6. The summed E-state index contributed by atoms with van der Waals surface area (Å²) >= 11 is 7.99.